The van der Waals surface area contributed by atoms with Gasteiger partial charge in [0.05, 0.1) is 24.6 Å². The molecule has 2 aromatic rings. The van der Waals surface area contributed by atoms with Crippen LogP contribution in [0.25, 0.3) is 11.3 Å². The van der Waals surface area contributed by atoms with Gasteiger partial charge in [-0.25, -0.2) is 0 Å². The number of nitrogens with one attached hydrogen (secondary N) is 2. The molecule has 0 saturated heterocycles. The number of H-pyrrole nitrogens is 1. The molecule has 1 amide bonds. The second-order valence-corrected chi connectivity index (χ2v) is 5.70. The van der Waals surface area contributed by atoms with Gasteiger partial charge in [-0.15, -0.1) is 0 Å². The number of rotatable bonds is 4. The summed E-state index contributed by atoms with van der Waals surface area (Å²) in [6.07, 6.45) is 7.38. The Kier molecular flexibility index (Phi) is 4.42. The molecule has 5 heteroatoms. The molecule has 0 unspecified atom stereocenters. The summed E-state index contributed by atoms with van der Waals surface area (Å²) >= 11 is 0. The van der Waals surface area contributed by atoms with Crippen LogP contribution in [0.1, 0.15) is 42.5 Å². The van der Waals surface area contributed by atoms with Gasteiger partial charge in [0.15, 0.2) is 0 Å². The predicted octanol–water partition coefficient (Wildman–Crippen LogP) is 3.15. The Morgan fingerprint density at radius 1 is 1.32 bits per heavy atom. The van der Waals surface area contributed by atoms with Crippen LogP contribution in [0.5, 0.6) is 5.75 Å². The van der Waals surface area contributed by atoms with Crippen molar-refractivity contribution >= 4 is 5.91 Å². The van der Waals surface area contributed by atoms with Crippen molar-refractivity contribution in [2.45, 2.75) is 38.1 Å². The van der Waals surface area contributed by atoms with Gasteiger partial charge >= 0.3 is 0 Å². The monoisotopic (exact) mass is 299 g/mol. The molecule has 1 saturated carbocycles. The highest BCUT2D eigenvalue weighted by Gasteiger charge is 2.20. The average molecular weight is 299 g/mol. The number of aromatic nitrogens is 2. The van der Waals surface area contributed by atoms with Crippen molar-refractivity contribution in [3.63, 3.8) is 0 Å². The van der Waals surface area contributed by atoms with Gasteiger partial charge in [-0.05, 0) is 25.0 Å². The SMILES string of the molecule is COc1cccc(-c2[nH]ncc2C(=O)NC2CCCCC2)c1. The van der Waals surface area contributed by atoms with E-state index in [0.29, 0.717) is 5.56 Å². The second-order valence-electron chi connectivity index (χ2n) is 5.70. The largest absolute Gasteiger partial charge is 0.497 e. The predicted molar refractivity (Wildman–Crippen MR) is 84.9 cm³/mol. The van der Waals surface area contributed by atoms with Gasteiger partial charge < -0.3 is 10.1 Å². The van der Waals surface area contributed by atoms with Crippen molar-refractivity contribution in [2.75, 3.05) is 7.11 Å². The molecule has 1 fully saturated rings. The maximum absolute atomic E-state index is 12.5. The second kappa shape index (κ2) is 6.64. The first-order chi connectivity index (χ1) is 10.8. The molecule has 116 valence electrons. The zero-order valence-electron chi connectivity index (χ0n) is 12.8. The van der Waals surface area contributed by atoms with E-state index in [1.54, 1.807) is 13.3 Å². The number of hydrogen-bond acceptors (Lipinski definition) is 3. The lowest BCUT2D eigenvalue weighted by Gasteiger charge is -2.22. The summed E-state index contributed by atoms with van der Waals surface area (Å²) in [5.74, 6) is 0.698. The fraction of sp³-hybridized carbons (Fsp3) is 0.412. The Hall–Kier alpha value is -2.30. The number of carbonyl (C=O) groups excluding carboxylic acids is 1. The van der Waals surface area contributed by atoms with E-state index in [-0.39, 0.29) is 11.9 Å². The van der Waals surface area contributed by atoms with E-state index < -0.39 is 0 Å². The molecule has 1 aromatic heterocycles. The Morgan fingerprint density at radius 2 is 2.14 bits per heavy atom. The summed E-state index contributed by atoms with van der Waals surface area (Å²) in [6, 6.07) is 7.90. The average Bonchev–Trinajstić information content (AvgIpc) is 3.05. The molecule has 1 aliphatic carbocycles. The lowest BCUT2D eigenvalue weighted by molar-refractivity contribution is 0.0928. The Balaban J connectivity index is 1.80. The van der Waals surface area contributed by atoms with Gasteiger partial charge in [0.1, 0.15) is 5.75 Å². The summed E-state index contributed by atoms with van der Waals surface area (Å²) in [5, 5.41) is 10.1. The number of benzene rings is 1. The number of aromatic amines is 1. The van der Waals surface area contributed by atoms with Crippen LogP contribution in [-0.4, -0.2) is 29.3 Å². The molecule has 0 bridgehead atoms. The van der Waals surface area contributed by atoms with Gasteiger partial charge in [-0.2, -0.15) is 5.10 Å². The zero-order chi connectivity index (χ0) is 15.4. The Labute approximate surface area is 130 Å². The van der Waals surface area contributed by atoms with Crippen molar-refractivity contribution in [2.24, 2.45) is 0 Å². The molecule has 5 nitrogen and oxygen atoms in total. The smallest absolute Gasteiger partial charge is 0.255 e. The molecule has 0 atom stereocenters. The van der Waals surface area contributed by atoms with Crippen molar-refractivity contribution < 1.29 is 9.53 Å². The first-order valence-electron chi connectivity index (χ1n) is 7.76. The van der Waals surface area contributed by atoms with Crippen LogP contribution in [-0.2, 0) is 0 Å². The van der Waals surface area contributed by atoms with Crippen LogP contribution in [0.3, 0.4) is 0 Å². The molecule has 1 aliphatic rings. The van der Waals surface area contributed by atoms with Gasteiger partial charge in [-0.1, -0.05) is 31.4 Å². The molecular weight excluding hydrogens is 278 g/mol. The normalized spacial score (nSPS) is 15.5. The minimum Gasteiger partial charge on any atom is -0.497 e. The van der Waals surface area contributed by atoms with Crippen LogP contribution in [0, 0.1) is 0 Å². The molecule has 0 spiro atoms. The van der Waals surface area contributed by atoms with E-state index in [1.807, 2.05) is 24.3 Å². The number of carbonyl (C=O) groups is 1. The fourth-order valence-corrected chi connectivity index (χ4v) is 2.97. The maximum Gasteiger partial charge on any atom is 0.255 e. The van der Waals surface area contributed by atoms with E-state index in [1.165, 1.54) is 19.3 Å². The highest BCUT2D eigenvalue weighted by atomic mass is 16.5. The summed E-state index contributed by atoms with van der Waals surface area (Å²) in [7, 11) is 1.63. The number of nitrogens with zero attached hydrogens (tertiary/aromatic N) is 1. The summed E-state index contributed by atoms with van der Waals surface area (Å²) in [4.78, 5) is 12.5. The third-order valence-corrected chi connectivity index (χ3v) is 4.18. The minimum absolute atomic E-state index is 0.0570. The number of ether oxygens (including phenoxy) is 1. The van der Waals surface area contributed by atoms with Crippen LogP contribution >= 0.6 is 0 Å². The standard InChI is InChI=1S/C17H21N3O2/c1-22-14-9-5-6-12(10-14)16-15(11-18-20-16)17(21)19-13-7-3-2-4-8-13/h5-6,9-11,13H,2-4,7-8H2,1H3,(H,18,20)(H,19,21). The van der Waals surface area contributed by atoms with E-state index in [4.69, 9.17) is 4.74 Å². The molecule has 1 aromatic carbocycles. The minimum atomic E-state index is -0.0570. The molecule has 0 aliphatic heterocycles. The fourth-order valence-electron chi connectivity index (χ4n) is 2.97. The molecule has 2 N–H and O–H groups in total. The van der Waals surface area contributed by atoms with Crippen LogP contribution in [0.15, 0.2) is 30.5 Å². The lowest BCUT2D eigenvalue weighted by atomic mass is 9.95. The first-order valence-corrected chi connectivity index (χ1v) is 7.76. The quantitative estimate of drug-likeness (QED) is 0.911. The van der Waals surface area contributed by atoms with Crippen LogP contribution in [0.4, 0.5) is 0 Å². The van der Waals surface area contributed by atoms with Gasteiger partial charge in [0.2, 0.25) is 0 Å². The third-order valence-electron chi connectivity index (χ3n) is 4.18. The van der Waals surface area contributed by atoms with Crippen molar-refractivity contribution in [3.8, 4) is 17.0 Å². The van der Waals surface area contributed by atoms with Gasteiger partial charge in [0.25, 0.3) is 5.91 Å². The van der Waals surface area contributed by atoms with E-state index in [9.17, 15) is 4.79 Å². The number of amides is 1. The zero-order valence-corrected chi connectivity index (χ0v) is 12.8. The molecule has 0 radical (unpaired) electrons. The van der Waals surface area contributed by atoms with Crippen molar-refractivity contribution in [1.29, 1.82) is 0 Å². The topological polar surface area (TPSA) is 67.0 Å². The van der Waals surface area contributed by atoms with Crippen LogP contribution < -0.4 is 10.1 Å². The Morgan fingerprint density at radius 3 is 2.91 bits per heavy atom. The van der Waals surface area contributed by atoms with Crippen molar-refractivity contribution in [3.05, 3.63) is 36.0 Å². The summed E-state index contributed by atoms with van der Waals surface area (Å²) in [5.41, 5.74) is 2.21. The van der Waals surface area contributed by atoms with E-state index in [2.05, 4.69) is 15.5 Å². The molecular formula is C17H21N3O2. The van der Waals surface area contributed by atoms with Crippen molar-refractivity contribution in [1.82, 2.24) is 15.5 Å². The molecule has 1 heterocycles. The summed E-state index contributed by atoms with van der Waals surface area (Å²) in [6.45, 7) is 0. The number of methoxy groups -OCH3 is 1. The summed E-state index contributed by atoms with van der Waals surface area (Å²) < 4.78 is 5.24. The lowest BCUT2D eigenvalue weighted by Crippen LogP contribution is -2.36. The third kappa shape index (κ3) is 3.13. The Bertz CT molecular complexity index is 645. The highest BCUT2D eigenvalue weighted by Crippen LogP contribution is 2.25. The van der Waals surface area contributed by atoms with Gasteiger partial charge in [0, 0.05) is 11.6 Å². The maximum atomic E-state index is 12.5. The van der Waals surface area contributed by atoms with Crippen LogP contribution in [0.2, 0.25) is 0 Å². The molecule has 3 rings (SSSR count). The highest BCUT2D eigenvalue weighted by molar-refractivity contribution is 5.99. The van der Waals surface area contributed by atoms with Gasteiger partial charge in [-0.3, -0.25) is 9.89 Å². The first kappa shape index (κ1) is 14.6. The van der Waals surface area contributed by atoms with E-state index in [0.717, 1.165) is 29.8 Å². The van der Waals surface area contributed by atoms with E-state index >= 15 is 0 Å². The number of hydrogen-bond donors (Lipinski definition) is 2. The molecule has 22 heavy (non-hydrogen) atoms.